The van der Waals surface area contributed by atoms with E-state index in [0.717, 1.165) is 0 Å². The van der Waals surface area contributed by atoms with E-state index in [1.165, 1.54) is 0 Å². The fraction of sp³-hybridized carbons (Fsp3) is 1.00. The number of ether oxygens (including phenoxy) is 1. The largest absolute Gasteiger partial charge is 1.00 e. The Morgan fingerprint density at radius 2 is 1.62 bits per heavy atom. The van der Waals surface area contributed by atoms with Gasteiger partial charge in [0, 0.05) is 6.29 Å². The Morgan fingerprint density at radius 1 is 1.08 bits per heavy atom. The first-order valence-electron chi connectivity index (χ1n) is 3.54. The van der Waals surface area contributed by atoms with Crippen molar-refractivity contribution in [2.45, 2.75) is 30.7 Å². The van der Waals surface area contributed by atoms with Gasteiger partial charge in [0.1, 0.15) is 18.3 Å². The summed E-state index contributed by atoms with van der Waals surface area (Å²) in [7, 11) is 0. The first-order valence-corrected chi connectivity index (χ1v) is 3.54. The van der Waals surface area contributed by atoms with Gasteiger partial charge in [-0.05, 0) is 0 Å². The summed E-state index contributed by atoms with van der Waals surface area (Å²) in [6.45, 7) is -0.566. The van der Waals surface area contributed by atoms with Gasteiger partial charge in [0.15, 0.2) is 0 Å². The molecular weight excluding hydrogens is 191 g/mol. The van der Waals surface area contributed by atoms with E-state index in [2.05, 4.69) is 4.74 Å². The Labute approximate surface area is 97.1 Å². The van der Waals surface area contributed by atoms with Crippen LogP contribution in [-0.4, -0.2) is 57.7 Å². The number of aliphatic hydroxyl groups is 4. The maximum Gasteiger partial charge on any atom is 1.00 e. The molecule has 0 saturated carbocycles. The Bertz CT molecular complexity index is 151. The van der Waals surface area contributed by atoms with Crippen LogP contribution in [0.5, 0.6) is 0 Å². The number of aliphatic hydroxyl groups excluding tert-OH is 4. The molecule has 13 heavy (non-hydrogen) atoms. The van der Waals surface area contributed by atoms with Gasteiger partial charge in [-0.3, -0.25) is 0 Å². The van der Waals surface area contributed by atoms with E-state index in [-0.39, 0.29) is 29.6 Å². The smallest absolute Gasteiger partial charge is 0.829 e. The molecule has 1 aliphatic heterocycles. The molecule has 0 aliphatic carbocycles. The fourth-order valence-electron chi connectivity index (χ4n) is 1.07. The summed E-state index contributed by atoms with van der Waals surface area (Å²) >= 11 is 0. The fourth-order valence-corrected chi connectivity index (χ4v) is 1.07. The van der Waals surface area contributed by atoms with Crippen LogP contribution in [0.1, 0.15) is 0 Å². The molecule has 0 aromatic heterocycles. The van der Waals surface area contributed by atoms with Gasteiger partial charge in [-0.15, -0.1) is 0 Å². The standard InChI is InChI=1S/C6H11O6.Na/c7-1-2-3(8)4(9)5(10)6(11)12-2;/h2-10H,1H2;/q-1;+1/t2-,3+,4+,5-,6-;/m1./s1. The van der Waals surface area contributed by atoms with Crippen LogP contribution >= 0.6 is 0 Å². The third kappa shape index (κ3) is 2.85. The number of rotatable bonds is 1. The first kappa shape index (κ1) is 13.8. The van der Waals surface area contributed by atoms with Gasteiger partial charge in [-0.25, -0.2) is 0 Å². The van der Waals surface area contributed by atoms with Crippen molar-refractivity contribution in [2.24, 2.45) is 0 Å². The van der Waals surface area contributed by atoms with Gasteiger partial charge in [-0.2, -0.15) is 0 Å². The van der Waals surface area contributed by atoms with Gasteiger partial charge < -0.3 is 30.3 Å². The van der Waals surface area contributed by atoms with Crippen LogP contribution < -0.4 is 34.7 Å². The molecule has 1 saturated heterocycles. The average Bonchev–Trinajstić information content (AvgIpc) is 2.08. The van der Waals surface area contributed by atoms with Crippen molar-refractivity contribution in [2.75, 3.05) is 6.61 Å². The summed E-state index contributed by atoms with van der Waals surface area (Å²) in [5, 5.41) is 46.3. The summed E-state index contributed by atoms with van der Waals surface area (Å²) in [5.74, 6) is 0. The van der Waals surface area contributed by atoms with Crippen molar-refractivity contribution in [3.63, 3.8) is 0 Å². The van der Waals surface area contributed by atoms with E-state index in [9.17, 15) is 5.11 Å². The van der Waals surface area contributed by atoms with Crippen LogP contribution in [0.2, 0.25) is 0 Å². The predicted molar refractivity (Wildman–Crippen MR) is 33.8 cm³/mol. The van der Waals surface area contributed by atoms with Crippen LogP contribution in [0, 0.1) is 0 Å². The Kier molecular flexibility index (Phi) is 5.92. The minimum atomic E-state index is -1.82. The minimum Gasteiger partial charge on any atom is -0.829 e. The molecule has 7 heteroatoms. The van der Waals surface area contributed by atoms with Crippen LogP contribution in [0.4, 0.5) is 0 Å². The SMILES string of the molecule is [Na+].[O-][C@@H]1O[C@H](CO)[C@H](O)[C@H](O)[C@H]1O. The third-order valence-electron chi connectivity index (χ3n) is 1.85. The zero-order valence-corrected chi connectivity index (χ0v) is 9.20. The first-order chi connectivity index (χ1) is 5.57. The van der Waals surface area contributed by atoms with Crippen molar-refractivity contribution in [3.8, 4) is 0 Å². The van der Waals surface area contributed by atoms with Crippen LogP contribution in [-0.2, 0) is 4.74 Å². The van der Waals surface area contributed by atoms with Crippen LogP contribution in [0.3, 0.4) is 0 Å². The van der Waals surface area contributed by atoms with Gasteiger partial charge in [0.25, 0.3) is 0 Å². The quantitative estimate of drug-likeness (QED) is 0.314. The summed E-state index contributed by atoms with van der Waals surface area (Å²) < 4.78 is 4.46. The minimum absolute atomic E-state index is 0. The predicted octanol–water partition coefficient (Wildman–Crippen LogP) is -6.85. The second-order valence-electron chi connectivity index (χ2n) is 2.70. The van der Waals surface area contributed by atoms with Gasteiger partial charge >= 0.3 is 29.6 Å². The Morgan fingerprint density at radius 3 is 2.08 bits per heavy atom. The Hall–Kier alpha value is 0.760. The molecule has 0 radical (unpaired) electrons. The van der Waals surface area contributed by atoms with E-state index < -0.39 is 37.3 Å². The maximum atomic E-state index is 10.7. The molecule has 0 unspecified atom stereocenters. The third-order valence-corrected chi connectivity index (χ3v) is 1.85. The Balaban J connectivity index is 0.00000144. The molecule has 6 nitrogen and oxygen atoms in total. The van der Waals surface area contributed by atoms with Crippen molar-refractivity contribution in [1.29, 1.82) is 0 Å². The zero-order chi connectivity index (χ0) is 9.30. The summed E-state index contributed by atoms with van der Waals surface area (Å²) in [5.41, 5.74) is 0. The van der Waals surface area contributed by atoms with Crippen molar-refractivity contribution in [3.05, 3.63) is 0 Å². The molecular formula is C6H11NaO6. The van der Waals surface area contributed by atoms with Gasteiger partial charge in [0.05, 0.1) is 12.7 Å². The molecule has 0 bridgehead atoms. The molecule has 0 aromatic rings. The topological polar surface area (TPSA) is 113 Å². The van der Waals surface area contributed by atoms with E-state index in [0.29, 0.717) is 0 Å². The molecule has 0 spiro atoms. The van der Waals surface area contributed by atoms with Crippen molar-refractivity contribution < 1.29 is 59.8 Å². The van der Waals surface area contributed by atoms with E-state index in [4.69, 9.17) is 20.4 Å². The summed E-state index contributed by atoms with van der Waals surface area (Å²) in [6.07, 6.45) is -7.57. The van der Waals surface area contributed by atoms with Crippen LogP contribution in [0.25, 0.3) is 0 Å². The van der Waals surface area contributed by atoms with Gasteiger partial charge in [-0.1, -0.05) is 0 Å². The molecule has 1 fully saturated rings. The summed E-state index contributed by atoms with van der Waals surface area (Å²) in [4.78, 5) is 0. The number of hydrogen-bond acceptors (Lipinski definition) is 6. The summed E-state index contributed by atoms with van der Waals surface area (Å²) in [6, 6.07) is 0. The molecule has 72 valence electrons. The molecule has 1 aliphatic rings. The van der Waals surface area contributed by atoms with Crippen LogP contribution in [0.15, 0.2) is 0 Å². The molecule has 0 aromatic carbocycles. The van der Waals surface area contributed by atoms with Crippen molar-refractivity contribution in [1.82, 2.24) is 0 Å². The maximum absolute atomic E-state index is 10.7. The second kappa shape index (κ2) is 5.59. The average molecular weight is 202 g/mol. The van der Waals surface area contributed by atoms with Gasteiger partial charge in [0.2, 0.25) is 0 Å². The van der Waals surface area contributed by atoms with E-state index in [1.54, 1.807) is 0 Å². The van der Waals surface area contributed by atoms with Crippen molar-refractivity contribution >= 4 is 0 Å². The molecule has 4 N–H and O–H groups in total. The van der Waals surface area contributed by atoms with E-state index in [1.807, 2.05) is 0 Å². The molecule has 0 amide bonds. The van der Waals surface area contributed by atoms with E-state index >= 15 is 0 Å². The molecule has 1 rings (SSSR count). The zero-order valence-electron chi connectivity index (χ0n) is 7.20. The second-order valence-corrected chi connectivity index (χ2v) is 2.70. The monoisotopic (exact) mass is 202 g/mol. The normalized spacial score (nSPS) is 45.5. The number of hydrogen-bond donors (Lipinski definition) is 4. The molecule has 1 heterocycles. The molecule has 5 atom stereocenters.